The van der Waals surface area contributed by atoms with E-state index in [1.807, 2.05) is 0 Å². The minimum Gasteiger partial charge on any atom is -0.490 e. The van der Waals surface area contributed by atoms with Crippen molar-refractivity contribution in [3.05, 3.63) is 40.9 Å². The Morgan fingerprint density at radius 3 is 2.27 bits per heavy atom. The van der Waals surface area contributed by atoms with Crippen LogP contribution in [-0.2, 0) is 9.59 Å². The lowest BCUT2D eigenvalue weighted by Crippen LogP contribution is -2.52. The van der Waals surface area contributed by atoms with Gasteiger partial charge in [-0.3, -0.25) is 19.4 Å². The Labute approximate surface area is 156 Å². The molecule has 1 aliphatic rings. The maximum Gasteiger partial charge on any atom is 0.333 e. The Kier molecular flexibility index (Phi) is 6.05. The molecule has 1 aliphatic heterocycles. The third kappa shape index (κ3) is 3.72. The molecule has 0 aliphatic carbocycles. The van der Waals surface area contributed by atoms with Crippen molar-refractivity contribution < 1.29 is 23.9 Å². The number of amides is 4. The van der Waals surface area contributed by atoms with E-state index in [9.17, 15) is 14.4 Å². The summed E-state index contributed by atoms with van der Waals surface area (Å²) in [4.78, 5) is 38.1. The Balaban J connectivity index is 2.49. The summed E-state index contributed by atoms with van der Waals surface area (Å²) >= 11 is 6.26. The highest BCUT2D eigenvalue weighted by Crippen LogP contribution is 2.37. The van der Waals surface area contributed by atoms with Gasteiger partial charge < -0.3 is 9.47 Å². The predicted octanol–water partition coefficient (Wildman–Crippen LogP) is 2.74. The van der Waals surface area contributed by atoms with E-state index in [1.54, 1.807) is 25.1 Å². The van der Waals surface area contributed by atoms with Crippen LogP contribution in [0.1, 0.15) is 12.5 Å². The second-order valence-electron chi connectivity index (χ2n) is 5.43. The van der Waals surface area contributed by atoms with E-state index >= 15 is 0 Å². The fourth-order valence-electron chi connectivity index (χ4n) is 2.36. The van der Waals surface area contributed by atoms with Crippen LogP contribution in [0.15, 0.2) is 30.4 Å². The first-order valence-corrected chi connectivity index (χ1v) is 8.21. The molecule has 0 saturated carbocycles. The fourth-order valence-corrected chi connectivity index (χ4v) is 2.63. The number of hydrogen-bond acceptors (Lipinski definition) is 5. The number of likely N-dealkylation sites (N-methyl/N-ethyl adjacent to an activating group) is 2. The van der Waals surface area contributed by atoms with Crippen LogP contribution in [-0.4, -0.2) is 55.0 Å². The molecule has 4 amide bonds. The van der Waals surface area contributed by atoms with Crippen LogP contribution in [0.3, 0.4) is 0 Å². The number of halogens is 1. The number of carbonyl (C=O) groups is 3. The van der Waals surface area contributed by atoms with Crippen LogP contribution < -0.4 is 9.47 Å². The highest BCUT2D eigenvalue weighted by atomic mass is 35.5. The standard InChI is InChI=1S/C18H19ClN2O5/c1-5-7-26-15-13(19)9-11(10-14(15)25-6-2)8-12-16(22)20(3)18(24)21(4)17(12)23/h5,8-10H,1,6-7H2,2-4H3. The fraction of sp³-hybridized carbons (Fsp3) is 0.278. The van der Waals surface area contributed by atoms with Crippen molar-refractivity contribution >= 4 is 35.5 Å². The summed E-state index contributed by atoms with van der Waals surface area (Å²) in [5.41, 5.74) is 0.324. The first-order valence-electron chi connectivity index (χ1n) is 7.83. The highest BCUT2D eigenvalue weighted by molar-refractivity contribution is 6.33. The first-order chi connectivity index (χ1) is 12.3. The number of urea groups is 1. The van der Waals surface area contributed by atoms with E-state index in [4.69, 9.17) is 21.1 Å². The molecule has 1 aromatic carbocycles. The average molecular weight is 379 g/mol. The van der Waals surface area contributed by atoms with E-state index < -0.39 is 17.8 Å². The zero-order valence-corrected chi connectivity index (χ0v) is 15.5. The lowest BCUT2D eigenvalue weighted by molar-refractivity contribution is -0.134. The molecule has 26 heavy (non-hydrogen) atoms. The van der Waals surface area contributed by atoms with Crippen molar-refractivity contribution in [3.8, 4) is 11.5 Å². The summed E-state index contributed by atoms with van der Waals surface area (Å²) in [7, 11) is 2.62. The molecule has 0 N–H and O–H groups in total. The Morgan fingerprint density at radius 2 is 1.73 bits per heavy atom. The summed E-state index contributed by atoms with van der Waals surface area (Å²) in [5, 5.41) is 0.262. The Hall–Kier alpha value is -2.80. The number of ether oxygens (including phenoxy) is 2. The maximum atomic E-state index is 12.3. The van der Waals surface area contributed by atoms with Crippen LogP contribution in [0.5, 0.6) is 11.5 Å². The quantitative estimate of drug-likeness (QED) is 0.432. The molecule has 0 atom stereocenters. The van der Waals surface area contributed by atoms with Gasteiger partial charge in [0.2, 0.25) is 0 Å². The van der Waals surface area contributed by atoms with Gasteiger partial charge in [0.05, 0.1) is 11.6 Å². The molecule has 0 unspecified atom stereocenters. The van der Waals surface area contributed by atoms with Gasteiger partial charge in [-0.05, 0) is 30.7 Å². The van der Waals surface area contributed by atoms with Gasteiger partial charge in [0, 0.05) is 14.1 Å². The zero-order chi connectivity index (χ0) is 19.4. The number of hydrogen-bond donors (Lipinski definition) is 0. The van der Waals surface area contributed by atoms with Crippen molar-refractivity contribution in [2.45, 2.75) is 6.92 Å². The van der Waals surface area contributed by atoms with Crippen molar-refractivity contribution in [1.29, 1.82) is 0 Å². The van der Waals surface area contributed by atoms with Crippen molar-refractivity contribution in [1.82, 2.24) is 9.80 Å². The summed E-state index contributed by atoms with van der Waals surface area (Å²) < 4.78 is 11.1. The van der Waals surface area contributed by atoms with Gasteiger partial charge in [-0.25, -0.2) is 4.79 Å². The number of rotatable bonds is 6. The number of carbonyl (C=O) groups excluding carboxylic acids is 3. The molecule has 0 spiro atoms. The first kappa shape index (κ1) is 19.5. The number of imide groups is 2. The van der Waals surface area contributed by atoms with E-state index in [-0.39, 0.29) is 17.2 Å². The predicted molar refractivity (Wildman–Crippen MR) is 97.2 cm³/mol. The number of nitrogens with zero attached hydrogens (tertiary/aromatic N) is 2. The van der Waals surface area contributed by atoms with Gasteiger partial charge in [-0.2, -0.15) is 0 Å². The molecular formula is C18H19ClN2O5. The summed E-state index contributed by atoms with van der Waals surface area (Å²) in [6, 6.07) is 2.47. The molecule has 8 heteroatoms. The third-order valence-electron chi connectivity index (χ3n) is 3.63. The Morgan fingerprint density at radius 1 is 1.12 bits per heavy atom. The summed E-state index contributed by atoms with van der Waals surface area (Å²) in [5.74, 6) is -0.637. The molecule has 1 fully saturated rings. The minimum absolute atomic E-state index is 0.145. The monoisotopic (exact) mass is 378 g/mol. The van der Waals surface area contributed by atoms with Crippen molar-refractivity contribution in [2.75, 3.05) is 27.3 Å². The van der Waals surface area contributed by atoms with Gasteiger partial charge >= 0.3 is 6.03 Å². The van der Waals surface area contributed by atoms with Gasteiger partial charge in [0.25, 0.3) is 11.8 Å². The molecule has 2 rings (SSSR count). The van der Waals surface area contributed by atoms with E-state index in [1.165, 1.54) is 20.2 Å². The third-order valence-corrected chi connectivity index (χ3v) is 3.91. The normalized spacial score (nSPS) is 14.6. The molecule has 1 saturated heterocycles. The largest absolute Gasteiger partial charge is 0.490 e. The molecule has 1 heterocycles. The molecule has 138 valence electrons. The van der Waals surface area contributed by atoms with Gasteiger partial charge in [-0.1, -0.05) is 24.3 Å². The van der Waals surface area contributed by atoms with Crippen LogP contribution in [0.4, 0.5) is 4.79 Å². The topological polar surface area (TPSA) is 76.2 Å². The average Bonchev–Trinajstić information content (AvgIpc) is 2.61. The van der Waals surface area contributed by atoms with Crippen LogP contribution in [0, 0.1) is 0 Å². The van der Waals surface area contributed by atoms with Gasteiger partial charge in [0.15, 0.2) is 11.5 Å². The second-order valence-corrected chi connectivity index (χ2v) is 5.84. The molecule has 0 aromatic heterocycles. The number of benzene rings is 1. The Bertz CT molecular complexity index is 777. The van der Waals surface area contributed by atoms with Crippen LogP contribution in [0.2, 0.25) is 5.02 Å². The van der Waals surface area contributed by atoms with Crippen LogP contribution in [0.25, 0.3) is 6.08 Å². The van der Waals surface area contributed by atoms with Gasteiger partial charge in [-0.15, -0.1) is 0 Å². The summed E-state index contributed by atoms with van der Waals surface area (Å²) in [6.45, 7) is 6.01. The molecule has 7 nitrogen and oxygen atoms in total. The zero-order valence-electron chi connectivity index (χ0n) is 14.7. The molecular weight excluding hydrogens is 360 g/mol. The lowest BCUT2D eigenvalue weighted by atomic mass is 10.1. The van der Waals surface area contributed by atoms with Crippen LogP contribution >= 0.6 is 11.6 Å². The highest BCUT2D eigenvalue weighted by Gasteiger charge is 2.37. The van der Waals surface area contributed by atoms with E-state index in [0.29, 0.717) is 23.7 Å². The molecule has 1 aromatic rings. The van der Waals surface area contributed by atoms with E-state index in [0.717, 1.165) is 9.80 Å². The SMILES string of the molecule is C=CCOc1c(Cl)cc(C=C2C(=O)N(C)C(=O)N(C)C2=O)cc1OCC. The van der Waals surface area contributed by atoms with E-state index in [2.05, 4.69) is 6.58 Å². The summed E-state index contributed by atoms with van der Waals surface area (Å²) in [6.07, 6.45) is 2.94. The van der Waals surface area contributed by atoms with Crippen molar-refractivity contribution in [2.24, 2.45) is 0 Å². The van der Waals surface area contributed by atoms with Gasteiger partial charge in [0.1, 0.15) is 12.2 Å². The van der Waals surface area contributed by atoms with Crippen molar-refractivity contribution in [3.63, 3.8) is 0 Å². The minimum atomic E-state index is -0.682. The molecule has 0 bridgehead atoms. The second kappa shape index (κ2) is 8.05. The smallest absolute Gasteiger partial charge is 0.333 e. The number of barbiturate groups is 1. The maximum absolute atomic E-state index is 12.3. The molecule has 0 radical (unpaired) electrons. The lowest BCUT2D eigenvalue weighted by Gasteiger charge is -2.28.